The number of ether oxygens (including phenoxy) is 1. The number of Topliss-reactive ketones (excluding diaryl/α,β-unsaturated/α-hetero) is 1. The topological polar surface area (TPSA) is 313 Å². The first-order chi connectivity index (χ1) is 13.7. The average molecular weight is 494 g/mol. The predicted octanol–water partition coefficient (Wildman–Crippen LogP) is -5.22. The summed E-state index contributed by atoms with van der Waals surface area (Å²) < 4.78 is 36.1. The van der Waals surface area contributed by atoms with Crippen molar-refractivity contribution < 1.29 is 78.5 Å². The van der Waals surface area contributed by atoms with Crippen molar-refractivity contribution >= 4 is 16.2 Å². The lowest BCUT2D eigenvalue weighted by molar-refractivity contribution is -0.122. The summed E-state index contributed by atoms with van der Waals surface area (Å²) in [6.07, 6.45) is -2.28. The number of ketones is 1. The first-order valence-electron chi connectivity index (χ1n) is 8.14. The Balaban J connectivity index is -0.0000000627. The smallest absolute Gasteiger partial charge is 0.394 e. The third kappa shape index (κ3) is 82.4. The molecule has 0 heterocycles. The van der Waals surface area contributed by atoms with E-state index < -0.39 is 28.7 Å². The van der Waals surface area contributed by atoms with E-state index in [0.717, 1.165) is 0 Å². The maximum atomic E-state index is 10.3. The Morgan fingerprint density at radius 1 is 0.742 bits per heavy atom. The summed E-state index contributed by atoms with van der Waals surface area (Å²) in [6.45, 7) is -0.106. The van der Waals surface area contributed by atoms with Crippen LogP contribution in [0.4, 0.5) is 0 Å². The molecule has 12 N–H and O–H groups in total. The molecule has 0 rings (SSSR count). The summed E-state index contributed by atoms with van der Waals surface area (Å²) >= 11 is 0. The fourth-order valence-electron chi connectivity index (χ4n) is 0.436. The standard InChI is InChI=1S/C5H10O2.3C3H8O3.H2O4S.H2O/c1-3-5(6)4-7-2;3*4-1-3(6)2-5;1-5(2,3)4;/h3-4H2,1-2H3;3*3-6H,1-2H2;(H2,1,2,3,4);1H2/p-1. The van der Waals surface area contributed by atoms with Gasteiger partial charge in [0.05, 0.1) is 39.6 Å². The lowest BCUT2D eigenvalue weighted by Crippen LogP contribution is -2.15. The van der Waals surface area contributed by atoms with Crippen molar-refractivity contribution in [2.45, 2.75) is 31.7 Å². The molecule has 0 fully saturated rings. The van der Waals surface area contributed by atoms with Gasteiger partial charge in [-0.1, -0.05) is 6.92 Å². The Bertz CT molecular complexity index is 375. The second kappa shape index (κ2) is 33.7. The molecule has 0 amide bonds. The Kier molecular flexibility index (Phi) is 47.8. The molecule has 0 aromatic carbocycles. The molecule has 196 valence electrons. The van der Waals surface area contributed by atoms with Crippen LogP contribution in [-0.4, -0.2) is 146 Å². The highest BCUT2D eigenvalue weighted by Crippen LogP contribution is 1.78. The van der Waals surface area contributed by atoms with Gasteiger partial charge in [-0.2, -0.15) is 8.42 Å². The lowest BCUT2D eigenvalue weighted by Gasteiger charge is -1.96. The minimum absolute atomic E-state index is 0. The van der Waals surface area contributed by atoms with Crippen LogP contribution < -0.4 is 0 Å². The lowest BCUT2D eigenvalue weighted by atomic mass is 10.3. The Hall–Kier alpha value is -0.900. The summed E-state index contributed by atoms with van der Waals surface area (Å²) in [6, 6.07) is 0. The third-order valence-electron chi connectivity index (χ3n) is 1.96. The second-order valence-electron chi connectivity index (χ2n) is 4.83. The summed E-state index contributed by atoms with van der Waals surface area (Å²) in [4.78, 5) is 10.3. The maximum absolute atomic E-state index is 10.3. The highest BCUT2D eigenvalue weighted by molar-refractivity contribution is 7.79. The number of methoxy groups -OCH3 is 1. The minimum Gasteiger partial charge on any atom is -0.870 e. The van der Waals surface area contributed by atoms with Crippen LogP contribution in [0.25, 0.3) is 0 Å². The van der Waals surface area contributed by atoms with E-state index in [1.54, 1.807) is 0 Å². The number of aliphatic hydroxyl groups is 9. The summed E-state index contributed by atoms with van der Waals surface area (Å²) in [5.74, 6) is 0.155. The van der Waals surface area contributed by atoms with Crippen molar-refractivity contribution in [2.75, 3.05) is 53.4 Å². The zero-order valence-corrected chi connectivity index (χ0v) is 18.1. The molecule has 31 heavy (non-hydrogen) atoms. The SMILES string of the molecule is CCC(=O)COC.O=S(=O)(O)O.OCC(O)CO.OCC(O)CO.OCC(O)CO.[OH-]. The van der Waals surface area contributed by atoms with Crippen molar-refractivity contribution in [1.82, 2.24) is 0 Å². The summed E-state index contributed by atoms with van der Waals surface area (Å²) in [5.41, 5.74) is 0. The van der Waals surface area contributed by atoms with E-state index in [4.69, 9.17) is 63.5 Å². The fraction of sp³-hybridized carbons (Fsp3) is 0.929. The molecular formula is C14H37O16S-. The Morgan fingerprint density at radius 3 is 0.968 bits per heavy atom. The van der Waals surface area contributed by atoms with E-state index in [-0.39, 0.29) is 57.5 Å². The van der Waals surface area contributed by atoms with Gasteiger partial charge >= 0.3 is 10.4 Å². The Morgan fingerprint density at radius 2 is 0.935 bits per heavy atom. The first-order valence-corrected chi connectivity index (χ1v) is 9.53. The molecule has 16 nitrogen and oxygen atoms in total. The van der Waals surface area contributed by atoms with Crippen LogP contribution in [0.2, 0.25) is 0 Å². The van der Waals surface area contributed by atoms with Gasteiger partial charge in [-0.25, -0.2) is 0 Å². The molecule has 17 heteroatoms. The molecule has 0 unspecified atom stereocenters. The highest BCUT2D eigenvalue weighted by atomic mass is 32.3. The first kappa shape index (κ1) is 43.9. The van der Waals surface area contributed by atoms with E-state index in [2.05, 4.69) is 4.74 Å². The molecule has 0 spiro atoms. The molecule has 0 aliphatic heterocycles. The molecule has 0 aromatic heterocycles. The number of hydrogen-bond donors (Lipinski definition) is 11. The summed E-state index contributed by atoms with van der Waals surface area (Å²) in [7, 11) is -3.15. The van der Waals surface area contributed by atoms with Crippen molar-refractivity contribution in [1.29, 1.82) is 0 Å². The van der Waals surface area contributed by atoms with Gasteiger partial charge in [0.1, 0.15) is 24.9 Å². The van der Waals surface area contributed by atoms with Gasteiger partial charge in [-0.3, -0.25) is 13.9 Å². The third-order valence-corrected chi connectivity index (χ3v) is 1.96. The molecule has 0 aliphatic carbocycles. The highest BCUT2D eigenvalue weighted by Gasteiger charge is 1.95. The van der Waals surface area contributed by atoms with Crippen molar-refractivity contribution in [3.05, 3.63) is 0 Å². The monoisotopic (exact) mass is 493 g/mol. The van der Waals surface area contributed by atoms with Crippen LogP contribution in [0.5, 0.6) is 0 Å². The molecule has 0 atom stereocenters. The number of aliphatic hydroxyl groups excluding tert-OH is 9. The van der Waals surface area contributed by atoms with Gasteiger partial charge in [-0.15, -0.1) is 0 Å². The van der Waals surface area contributed by atoms with Crippen LogP contribution in [0, 0.1) is 0 Å². The molecular weight excluding hydrogens is 456 g/mol. The van der Waals surface area contributed by atoms with Crippen molar-refractivity contribution in [3.63, 3.8) is 0 Å². The van der Waals surface area contributed by atoms with E-state index in [1.807, 2.05) is 6.92 Å². The van der Waals surface area contributed by atoms with Gasteiger partial charge in [0.15, 0.2) is 5.78 Å². The number of carbonyl (C=O) groups is 1. The zero-order chi connectivity index (χ0) is 25.2. The molecule has 0 aromatic rings. The predicted molar refractivity (Wildman–Crippen MR) is 104 cm³/mol. The van der Waals surface area contributed by atoms with Crippen LogP contribution in [0.3, 0.4) is 0 Å². The van der Waals surface area contributed by atoms with Crippen LogP contribution >= 0.6 is 0 Å². The molecule has 0 bridgehead atoms. The number of rotatable bonds is 9. The van der Waals surface area contributed by atoms with E-state index in [9.17, 15) is 4.79 Å². The Labute approximate surface area is 180 Å². The largest absolute Gasteiger partial charge is 0.870 e. The van der Waals surface area contributed by atoms with Crippen LogP contribution in [-0.2, 0) is 19.9 Å². The van der Waals surface area contributed by atoms with E-state index >= 15 is 0 Å². The fourth-order valence-corrected chi connectivity index (χ4v) is 0.436. The second-order valence-corrected chi connectivity index (χ2v) is 5.73. The average Bonchev–Trinajstić information content (AvgIpc) is 2.71. The molecule has 0 aliphatic rings. The molecule has 0 radical (unpaired) electrons. The molecule has 0 saturated heterocycles. The minimum atomic E-state index is -4.67. The van der Waals surface area contributed by atoms with Crippen molar-refractivity contribution in [2.24, 2.45) is 0 Å². The van der Waals surface area contributed by atoms with Gasteiger partial charge in [-0.05, 0) is 0 Å². The zero-order valence-electron chi connectivity index (χ0n) is 17.3. The van der Waals surface area contributed by atoms with Gasteiger partial charge < -0.3 is 56.2 Å². The maximum Gasteiger partial charge on any atom is 0.394 e. The number of carbonyl (C=O) groups excluding carboxylic acids is 1. The van der Waals surface area contributed by atoms with E-state index in [1.165, 1.54) is 7.11 Å². The molecule has 0 saturated carbocycles. The van der Waals surface area contributed by atoms with Crippen LogP contribution in [0.15, 0.2) is 0 Å². The van der Waals surface area contributed by atoms with Gasteiger partial charge in [0, 0.05) is 13.5 Å². The quantitative estimate of drug-likeness (QED) is 0.134. The summed E-state index contributed by atoms with van der Waals surface area (Å²) in [5, 5.41) is 72.0. The van der Waals surface area contributed by atoms with E-state index in [0.29, 0.717) is 6.42 Å². The van der Waals surface area contributed by atoms with Crippen molar-refractivity contribution in [3.8, 4) is 0 Å². The normalized spacial score (nSPS) is 9.68. The van der Waals surface area contributed by atoms with Gasteiger partial charge in [0.25, 0.3) is 0 Å². The van der Waals surface area contributed by atoms with Gasteiger partial charge in [0.2, 0.25) is 0 Å². The number of hydrogen-bond acceptors (Lipinski definition) is 14. The van der Waals surface area contributed by atoms with Crippen LogP contribution in [0.1, 0.15) is 13.3 Å².